The zero-order valence-electron chi connectivity index (χ0n) is 23.4. The van der Waals surface area contributed by atoms with Crippen LogP contribution in [0, 0.1) is 0 Å². The van der Waals surface area contributed by atoms with Crippen molar-refractivity contribution in [1.29, 1.82) is 0 Å². The first-order valence-corrected chi connectivity index (χ1v) is 13.2. The third-order valence-corrected chi connectivity index (χ3v) is 6.57. The van der Waals surface area contributed by atoms with E-state index in [2.05, 4.69) is 73.5 Å². The summed E-state index contributed by atoms with van der Waals surface area (Å²) in [6, 6.07) is 14.9. The fourth-order valence-corrected chi connectivity index (χ4v) is 5.21. The topological polar surface area (TPSA) is 79.5 Å². The lowest BCUT2D eigenvalue weighted by atomic mass is 9.79. The predicted octanol–water partition coefficient (Wildman–Crippen LogP) is 5.35. The minimum Gasteiger partial charge on any atom is -0.492 e. The van der Waals surface area contributed by atoms with Gasteiger partial charge in [0, 0.05) is 38.6 Å². The van der Waals surface area contributed by atoms with Crippen molar-refractivity contribution in [3.63, 3.8) is 0 Å². The van der Waals surface area contributed by atoms with Crippen LogP contribution in [0.5, 0.6) is 5.75 Å². The number of likely N-dealkylation sites (N-methyl/N-ethyl adjacent to an activating group) is 1. The molecule has 4 rings (SSSR count). The van der Waals surface area contributed by atoms with Crippen LogP contribution < -0.4 is 10.1 Å². The molecule has 0 unspecified atom stereocenters. The molecule has 1 aliphatic heterocycles. The van der Waals surface area contributed by atoms with Gasteiger partial charge in [-0.15, -0.1) is 0 Å². The van der Waals surface area contributed by atoms with E-state index in [1.165, 1.54) is 16.7 Å². The number of amides is 1. The summed E-state index contributed by atoms with van der Waals surface area (Å²) in [5.41, 5.74) is 5.54. The van der Waals surface area contributed by atoms with E-state index in [1.807, 2.05) is 24.4 Å². The van der Waals surface area contributed by atoms with Gasteiger partial charge in [0.1, 0.15) is 12.4 Å². The zero-order valence-corrected chi connectivity index (χ0v) is 23.4. The van der Waals surface area contributed by atoms with Gasteiger partial charge in [-0.25, -0.2) is 0 Å². The molecule has 1 saturated heterocycles. The summed E-state index contributed by atoms with van der Waals surface area (Å²) < 4.78 is 12.4. The molecule has 0 radical (unpaired) electrons. The number of H-pyrrole nitrogens is 1. The van der Waals surface area contributed by atoms with Gasteiger partial charge in [0.05, 0.1) is 22.9 Å². The Balaban J connectivity index is 1.50. The van der Waals surface area contributed by atoms with Crippen LogP contribution in [0.2, 0.25) is 0 Å². The van der Waals surface area contributed by atoms with Gasteiger partial charge in [-0.05, 0) is 81.5 Å². The molecular weight excluding hydrogens is 476 g/mol. The zero-order chi connectivity index (χ0) is 27.3. The number of carbonyl (C=O) groups excluding carboxylic acids is 1. The van der Waals surface area contributed by atoms with Crippen LogP contribution in [0.3, 0.4) is 0 Å². The van der Waals surface area contributed by atoms with Gasteiger partial charge in [0.2, 0.25) is 5.91 Å². The van der Waals surface area contributed by atoms with Crippen LogP contribution in [-0.2, 0) is 9.53 Å². The monoisotopic (exact) mass is 516 g/mol. The second kappa shape index (κ2) is 11.5. The van der Waals surface area contributed by atoms with Crippen molar-refractivity contribution in [2.45, 2.75) is 51.7 Å². The number of aromatic nitrogens is 2. The molecule has 1 aliphatic rings. The summed E-state index contributed by atoms with van der Waals surface area (Å²) in [4.78, 5) is 13.1. The number of hydrogen-bond acceptors (Lipinski definition) is 5. The number of nitrogens with one attached hydrogen (secondary N) is 2. The normalized spacial score (nSPS) is 16.6. The Bertz CT molecular complexity index is 1300. The highest BCUT2D eigenvalue weighted by atomic mass is 16.5. The Hall–Kier alpha value is -3.42. The Morgan fingerprint density at radius 3 is 2.45 bits per heavy atom. The highest BCUT2D eigenvalue weighted by Crippen LogP contribution is 2.43. The standard InChI is InChI=1S/C31H40N4O3/c1-30(2)19-25(20-31(3,4)38-30)29(23-11-14-27-24(18-23)21-33-34-27)22-9-12-26(13-10-22)37-17-16-32-15-7-8-28(36)35(5)6/h7-14,18,21,32H,15-17,19-20H2,1-6H3,(H,33,34)/b8-7+. The van der Waals surface area contributed by atoms with Crippen LogP contribution in [0.1, 0.15) is 51.7 Å². The molecule has 7 heteroatoms. The van der Waals surface area contributed by atoms with E-state index in [0.717, 1.165) is 35.1 Å². The molecule has 0 bridgehead atoms. The van der Waals surface area contributed by atoms with Crippen molar-refractivity contribution in [3.05, 3.63) is 77.5 Å². The number of rotatable bonds is 9. The molecule has 0 aliphatic carbocycles. The molecule has 0 atom stereocenters. The average molecular weight is 517 g/mol. The number of nitrogens with zero attached hydrogens (tertiary/aromatic N) is 2. The minimum absolute atomic E-state index is 0.0185. The first kappa shape index (κ1) is 27.6. The average Bonchev–Trinajstić information content (AvgIpc) is 3.30. The van der Waals surface area contributed by atoms with Crippen molar-refractivity contribution < 1.29 is 14.3 Å². The van der Waals surface area contributed by atoms with Crippen LogP contribution in [0.15, 0.2) is 66.4 Å². The molecule has 0 spiro atoms. The van der Waals surface area contributed by atoms with Gasteiger partial charge in [-0.2, -0.15) is 5.10 Å². The lowest BCUT2D eigenvalue weighted by Crippen LogP contribution is -2.42. The largest absolute Gasteiger partial charge is 0.492 e. The lowest BCUT2D eigenvalue weighted by Gasteiger charge is -2.43. The number of ether oxygens (including phenoxy) is 2. The van der Waals surface area contributed by atoms with Crippen molar-refractivity contribution in [1.82, 2.24) is 20.4 Å². The Morgan fingerprint density at radius 2 is 1.76 bits per heavy atom. The fraction of sp³-hybridized carbons (Fsp3) is 0.419. The molecule has 3 aromatic rings. The number of hydrogen-bond donors (Lipinski definition) is 2. The lowest BCUT2D eigenvalue weighted by molar-refractivity contribution is -0.138. The smallest absolute Gasteiger partial charge is 0.245 e. The molecule has 7 nitrogen and oxygen atoms in total. The van der Waals surface area contributed by atoms with Crippen LogP contribution >= 0.6 is 0 Å². The van der Waals surface area contributed by atoms with Crippen LogP contribution in [0.25, 0.3) is 16.5 Å². The quantitative estimate of drug-likeness (QED) is 0.296. The summed E-state index contributed by atoms with van der Waals surface area (Å²) in [7, 11) is 3.48. The molecule has 1 amide bonds. The molecule has 202 valence electrons. The summed E-state index contributed by atoms with van der Waals surface area (Å²) in [5, 5.41) is 11.6. The Morgan fingerprint density at radius 1 is 1.08 bits per heavy atom. The summed E-state index contributed by atoms with van der Waals surface area (Å²) >= 11 is 0. The molecule has 1 aromatic heterocycles. The molecule has 2 heterocycles. The summed E-state index contributed by atoms with van der Waals surface area (Å²) in [6.07, 6.45) is 7.01. The predicted molar refractivity (Wildman–Crippen MR) is 153 cm³/mol. The molecule has 0 saturated carbocycles. The van der Waals surface area contributed by atoms with E-state index in [-0.39, 0.29) is 17.1 Å². The van der Waals surface area contributed by atoms with E-state index in [0.29, 0.717) is 19.7 Å². The van der Waals surface area contributed by atoms with Gasteiger partial charge >= 0.3 is 0 Å². The summed E-state index contributed by atoms with van der Waals surface area (Å²) in [6.45, 7) is 10.5. The van der Waals surface area contributed by atoms with Gasteiger partial charge in [0.15, 0.2) is 0 Å². The molecule has 1 fully saturated rings. The van der Waals surface area contributed by atoms with Crippen LogP contribution in [0.4, 0.5) is 0 Å². The summed E-state index contributed by atoms with van der Waals surface area (Å²) in [5.74, 6) is 0.811. The van der Waals surface area contributed by atoms with Gasteiger partial charge in [-0.3, -0.25) is 9.89 Å². The number of carbonyl (C=O) groups is 1. The van der Waals surface area contributed by atoms with Crippen molar-refractivity contribution >= 4 is 22.4 Å². The number of aromatic amines is 1. The van der Waals surface area contributed by atoms with E-state index in [1.54, 1.807) is 25.1 Å². The second-order valence-corrected chi connectivity index (χ2v) is 11.3. The first-order valence-electron chi connectivity index (χ1n) is 13.2. The first-order chi connectivity index (χ1) is 18.0. The van der Waals surface area contributed by atoms with Gasteiger partial charge < -0.3 is 19.7 Å². The van der Waals surface area contributed by atoms with E-state index >= 15 is 0 Å². The molecule has 2 N–H and O–H groups in total. The Kier molecular flexibility index (Phi) is 8.38. The van der Waals surface area contributed by atoms with Crippen molar-refractivity contribution in [3.8, 4) is 5.75 Å². The number of benzene rings is 2. The maximum Gasteiger partial charge on any atom is 0.245 e. The molecule has 38 heavy (non-hydrogen) atoms. The van der Waals surface area contributed by atoms with Gasteiger partial charge in [-0.1, -0.05) is 29.8 Å². The number of fused-ring (bicyclic) bond motifs is 1. The van der Waals surface area contributed by atoms with Crippen molar-refractivity contribution in [2.24, 2.45) is 0 Å². The maximum absolute atomic E-state index is 11.6. The van der Waals surface area contributed by atoms with E-state index in [9.17, 15) is 4.79 Å². The molecule has 2 aromatic carbocycles. The fourth-order valence-electron chi connectivity index (χ4n) is 5.21. The van der Waals surface area contributed by atoms with E-state index in [4.69, 9.17) is 9.47 Å². The third kappa shape index (κ3) is 7.11. The highest BCUT2D eigenvalue weighted by molar-refractivity contribution is 5.89. The second-order valence-electron chi connectivity index (χ2n) is 11.3. The minimum atomic E-state index is -0.243. The third-order valence-electron chi connectivity index (χ3n) is 6.57. The van der Waals surface area contributed by atoms with Gasteiger partial charge in [0.25, 0.3) is 0 Å². The SMILES string of the molecule is CN(C)C(=O)/C=C/CNCCOc1ccc(C(=C2CC(C)(C)OC(C)(C)C2)c2ccc3[nH]ncc3c2)cc1. The highest BCUT2D eigenvalue weighted by Gasteiger charge is 2.37. The Labute approximate surface area is 225 Å². The van der Waals surface area contributed by atoms with Crippen molar-refractivity contribution in [2.75, 3.05) is 33.8 Å². The van der Waals surface area contributed by atoms with Crippen LogP contribution in [-0.4, -0.2) is 66.0 Å². The molecular formula is C31H40N4O3. The maximum atomic E-state index is 11.6. The van der Waals surface area contributed by atoms with E-state index < -0.39 is 0 Å².